The Kier molecular flexibility index (Phi) is 23.1. The SMILES string of the molecule is C=C(C)C(=O)OCC(COC(=O)C(=C)C)(COC(=O)C(=C)C)OC(=O)CCC(=O)OCC(CC(C)C)N1C(=O)c2cc(Br)c3c4c(Br)cc5c6c(cc(Br)c(c7c(Br)cc(c2c37)C1=O)c64)C(=O)N(C(COC(=O)COCCOCCOC)CC(C)C)C5=O. The molecule has 7 rings (SSSR count). The number of hydrogen-bond donors (Lipinski definition) is 0. The van der Waals surface area contributed by atoms with Gasteiger partial charge in [-0.05, 0) is 69.7 Å². The van der Waals surface area contributed by atoms with Gasteiger partial charge in [0.1, 0.15) is 39.6 Å². The number of methoxy groups -OCH3 is 1. The quantitative estimate of drug-likeness (QED) is 0.00759. The third-order valence-corrected chi connectivity index (χ3v) is 16.8. The Balaban J connectivity index is 1.17. The molecule has 0 spiro atoms. The molecule has 0 fully saturated rings. The number of amides is 4. The molecule has 25 heteroatoms. The number of hydrogen-bond acceptors (Lipinski definition) is 19. The number of nitrogens with zero attached hydrogens (tertiary/aromatic N) is 2. The summed E-state index contributed by atoms with van der Waals surface area (Å²) in [6, 6.07) is 4.65. The van der Waals surface area contributed by atoms with Gasteiger partial charge in [0.15, 0.2) is 0 Å². The van der Waals surface area contributed by atoms with Gasteiger partial charge in [0.05, 0.1) is 51.4 Å². The first-order chi connectivity index (χ1) is 41.5. The summed E-state index contributed by atoms with van der Waals surface area (Å²) >= 11 is 15.2. The lowest BCUT2D eigenvalue weighted by Crippen LogP contribution is -2.50. The lowest BCUT2D eigenvalue weighted by Gasteiger charge is -2.36. The fourth-order valence-electron chi connectivity index (χ4n) is 10.4. The third-order valence-electron chi connectivity index (χ3n) is 14.3. The molecule has 2 aliphatic heterocycles. The van der Waals surface area contributed by atoms with Crippen LogP contribution in [0, 0.1) is 11.8 Å². The molecule has 21 nitrogen and oxygen atoms in total. The van der Waals surface area contributed by atoms with E-state index in [1.807, 2.05) is 27.7 Å². The van der Waals surface area contributed by atoms with Crippen molar-refractivity contribution >= 4 is 166 Å². The van der Waals surface area contributed by atoms with Gasteiger partial charge in [-0.15, -0.1) is 0 Å². The van der Waals surface area contributed by atoms with Crippen LogP contribution in [0.15, 0.2) is 78.6 Å². The van der Waals surface area contributed by atoms with Crippen LogP contribution < -0.4 is 0 Å². The molecule has 0 aromatic heterocycles. The molecule has 2 atom stereocenters. The molecule has 470 valence electrons. The van der Waals surface area contributed by atoms with E-state index in [0.29, 0.717) is 80.6 Å². The van der Waals surface area contributed by atoms with Gasteiger partial charge in [0, 0.05) is 107 Å². The summed E-state index contributed by atoms with van der Waals surface area (Å²) in [6.07, 6.45) is -0.743. The van der Waals surface area contributed by atoms with Crippen molar-refractivity contribution in [2.24, 2.45) is 11.8 Å². The van der Waals surface area contributed by atoms with Crippen molar-refractivity contribution in [1.82, 2.24) is 9.80 Å². The molecule has 2 aliphatic rings. The van der Waals surface area contributed by atoms with Crippen LogP contribution in [0.3, 0.4) is 0 Å². The van der Waals surface area contributed by atoms with E-state index in [0.717, 1.165) is 9.80 Å². The Labute approximate surface area is 540 Å². The molecule has 2 heterocycles. The maximum Gasteiger partial charge on any atom is 0.333 e. The van der Waals surface area contributed by atoms with E-state index >= 15 is 9.59 Å². The first kappa shape index (κ1) is 69.0. The van der Waals surface area contributed by atoms with Crippen molar-refractivity contribution in [3.05, 3.63) is 101 Å². The minimum atomic E-state index is -2.12. The zero-order valence-corrected chi connectivity index (χ0v) is 56.1. The molecular weight excluding hydrogens is 1410 g/mol. The van der Waals surface area contributed by atoms with Crippen molar-refractivity contribution in [2.45, 2.75) is 91.8 Å². The molecule has 2 unspecified atom stereocenters. The van der Waals surface area contributed by atoms with E-state index in [1.54, 1.807) is 31.4 Å². The topological polar surface area (TPSA) is 260 Å². The normalized spacial score (nSPS) is 13.9. The van der Waals surface area contributed by atoms with Gasteiger partial charge in [0.25, 0.3) is 23.6 Å². The Hall–Kier alpha value is -6.48. The first-order valence-electron chi connectivity index (χ1n) is 27.9. The fraction of sp³-hybridized carbons (Fsp3) is 0.429. The van der Waals surface area contributed by atoms with Gasteiger partial charge >= 0.3 is 35.8 Å². The van der Waals surface area contributed by atoms with Crippen LogP contribution in [-0.4, -0.2) is 160 Å². The van der Waals surface area contributed by atoms with E-state index in [9.17, 15) is 38.4 Å². The molecular formula is C63H66Br4N2O19. The number of ether oxygens (including phenoxy) is 9. The summed E-state index contributed by atoms with van der Waals surface area (Å²) in [5, 5.41) is 4.04. The molecule has 0 N–H and O–H groups in total. The maximum atomic E-state index is 15.1. The highest BCUT2D eigenvalue weighted by molar-refractivity contribution is 9.11. The zero-order chi connectivity index (χ0) is 64.8. The molecule has 0 radical (unpaired) electrons. The number of halogens is 4. The minimum absolute atomic E-state index is 0.0229. The van der Waals surface area contributed by atoms with Gasteiger partial charge in [-0.3, -0.25) is 38.6 Å². The molecule has 0 aliphatic carbocycles. The first-order valence-corrected chi connectivity index (χ1v) is 31.1. The summed E-state index contributed by atoms with van der Waals surface area (Å²) in [6.45, 7) is 20.0. The van der Waals surface area contributed by atoms with Crippen LogP contribution in [0.5, 0.6) is 0 Å². The Morgan fingerprint density at radius 1 is 0.466 bits per heavy atom. The number of imide groups is 2. The van der Waals surface area contributed by atoms with Crippen molar-refractivity contribution in [3.63, 3.8) is 0 Å². The average molecular weight is 1470 g/mol. The highest BCUT2D eigenvalue weighted by Crippen LogP contribution is 2.54. The Bertz CT molecular complexity index is 3520. The fourth-order valence-corrected chi connectivity index (χ4v) is 12.9. The van der Waals surface area contributed by atoms with Crippen LogP contribution in [-0.2, 0) is 71.4 Å². The molecule has 4 amide bonds. The average Bonchev–Trinajstić information content (AvgIpc) is 0.692. The van der Waals surface area contributed by atoms with Crippen LogP contribution >= 0.6 is 63.7 Å². The van der Waals surface area contributed by atoms with Crippen LogP contribution in [0.4, 0.5) is 0 Å². The second-order valence-electron chi connectivity index (χ2n) is 22.4. The second-order valence-corrected chi connectivity index (χ2v) is 25.8. The summed E-state index contributed by atoms with van der Waals surface area (Å²) < 4.78 is 50.4. The summed E-state index contributed by atoms with van der Waals surface area (Å²) in [7, 11) is 1.56. The Morgan fingerprint density at radius 3 is 1.14 bits per heavy atom. The Morgan fingerprint density at radius 2 is 0.795 bits per heavy atom. The van der Waals surface area contributed by atoms with Crippen molar-refractivity contribution in [3.8, 4) is 0 Å². The number of rotatable bonds is 31. The van der Waals surface area contributed by atoms with Gasteiger partial charge in [0.2, 0.25) is 5.60 Å². The van der Waals surface area contributed by atoms with Gasteiger partial charge in [-0.1, -0.05) is 111 Å². The van der Waals surface area contributed by atoms with Crippen molar-refractivity contribution in [1.29, 1.82) is 0 Å². The van der Waals surface area contributed by atoms with E-state index < -0.39 is 116 Å². The van der Waals surface area contributed by atoms with Crippen LogP contribution in [0.25, 0.3) is 43.1 Å². The van der Waals surface area contributed by atoms with E-state index in [2.05, 4.69) is 83.5 Å². The van der Waals surface area contributed by atoms with Gasteiger partial charge in [-0.25, -0.2) is 19.2 Å². The predicted molar refractivity (Wildman–Crippen MR) is 337 cm³/mol. The van der Waals surface area contributed by atoms with Crippen LogP contribution in [0.2, 0.25) is 0 Å². The highest BCUT2D eigenvalue weighted by atomic mass is 79.9. The van der Waals surface area contributed by atoms with Crippen molar-refractivity contribution in [2.75, 3.05) is 73.2 Å². The number of esters is 6. The van der Waals surface area contributed by atoms with Gasteiger partial charge in [-0.2, -0.15) is 0 Å². The standard InChI is InChI=1S/C63H66Br4N2O19/c1-30(2)18-35(24-83-45(70)12-13-46(71)88-63(27-85-60(77)32(5)6,28-86-61(78)33(7)8)29-87-62(79)34(9)10)68-56(73)37-20-41(64)50-52-43(66)22-39-49-40(23-44(67)53(55(49)52)51-42(65)21-38(57(68)74)48(37)54(50)51)59(76)69(58(39)75)36(19-31(3)4)25-84-47(72)26-82-17-16-81-15-14-80-11/h20-23,30-31,35-36H,5,7,9,12-19,24-29H2,1-4,6,8,10-11H3. The maximum absolute atomic E-state index is 15.1. The second kappa shape index (κ2) is 29.4. The third kappa shape index (κ3) is 15.0. The number of carbonyl (C=O) groups is 10. The summed E-state index contributed by atoms with van der Waals surface area (Å²) in [5.74, 6) is -8.13. The number of carbonyl (C=O) groups excluding carboxylic acids is 10. The van der Waals surface area contributed by atoms with E-state index in [1.165, 1.54) is 20.8 Å². The number of benzene rings is 5. The molecule has 5 aromatic rings. The molecule has 0 bridgehead atoms. The number of fused-ring (bicyclic) bond motifs is 2. The van der Waals surface area contributed by atoms with E-state index in [-0.39, 0.29) is 83.7 Å². The van der Waals surface area contributed by atoms with Crippen molar-refractivity contribution < 1.29 is 90.6 Å². The lowest BCUT2D eigenvalue weighted by molar-refractivity contribution is -0.193. The highest BCUT2D eigenvalue weighted by Gasteiger charge is 2.45. The molecule has 5 aromatic carbocycles. The smallest absolute Gasteiger partial charge is 0.333 e. The van der Waals surface area contributed by atoms with E-state index in [4.69, 9.17) is 42.6 Å². The summed E-state index contributed by atoms with van der Waals surface area (Å²) in [4.78, 5) is 140. The summed E-state index contributed by atoms with van der Waals surface area (Å²) in [5.41, 5.74) is -1.47. The molecule has 88 heavy (non-hydrogen) atoms. The predicted octanol–water partition coefficient (Wildman–Crippen LogP) is 11.0. The van der Waals surface area contributed by atoms with Crippen LogP contribution in [0.1, 0.15) is 116 Å². The largest absolute Gasteiger partial charge is 0.463 e. The molecule has 0 saturated heterocycles. The minimum Gasteiger partial charge on any atom is -0.463 e. The lowest BCUT2D eigenvalue weighted by atomic mass is 9.81. The monoisotopic (exact) mass is 1470 g/mol. The molecule has 0 saturated carbocycles. The zero-order valence-electron chi connectivity index (χ0n) is 49.8. The van der Waals surface area contributed by atoms with Gasteiger partial charge < -0.3 is 42.6 Å².